The molecule has 1 aromatic heterocycles. The zero-order valence-electron chi connectivity index (χ0n) is 11.0. The van der Waals surface area contributed by atoms with Gasteiger partial charge in [0.2, 0.25) is 0 Å². The van der Waals surface area contributed by atoms with Crippen LogP contribution in [-0.2, 0) is 0 Å². The monoisotopic (exact) mass is 236 g/mol. The van der Waals surface area contributed by atoms with Gasteiger partial charge in [-0.2, -0.15) is 0 Å². The number of rotatable bonds is 4. The van der Waals surface area contributed by atoms with E-state index in [9.17, 15) is 0 Å². The van der Waals surface area contributed by atoms with E-state index in [0.717, 1.165) is 12.2 Å². The van der Waals surface area contributed by atoms with Crippen molar-refractivity contribution in [1.29, 1.82) is 0 Å². The standard InChI is InChI=1S/C13H24N4/c1-11(9-16-6-4-3-5-7-16)17-10-15-8-13(17)12(2)14/h8,10-12H,3-7,9,14H2,1-2H3/t11?,12-/m1/s1. The van der Waals surface area contributed by atoms with Gasteiger partial charge in [0.1, 0.15) is 0 Å². The molecule has 2 atom stereocenters. The van der Waals surface area contributed by atoms with Crippen molar-refractivity contribution < 1.29 is 0 Å². The first-order valence-electron chi connectivity index (χ1n) is 6.68. The van der Waals surface area contributed by atoms with Crippen LogP contribution >= 0.6 is 0 Å². The van der Waals surface area contributed by atoms with E-state index in [4.69, 9.17) is 5.73 Å². The summed E-state index contributed by atoms with van der Waals surface area (Å²) < 4.78 is 2.22. The average molecular weight is 236 g/mol. The van der Waals surface area contributed by atoms with Gasteiger partial charge in [-0.15, -0.1) is 0 Å². The smallest absolute Gasteiger partial charge is 0.0951 e. The van der Waals surface area contributed by atoms with E-state index in [1.54, 1.807) is 0 Å². The van der Waals surface area contributed by atoms with Crippen molar-refractivity contribution >= 4 is 0 Å². The number of likely N-dealkylation sites (tertiary alicyclic amines) is 1. The van der Waals surface area contributed by atoms with Gasteiger partial charge in [0.25, 0.3) is 0 Å². The van der Waals surface area contributed by atoms with Crippen molar-refractivity contribution in [3.63, 3.8) is 0 Å². The molecule has 1 fully saturated rings. The Morgan fingerprint density at radius 2 is 2.00 bits per heavy atom. The summed E-state index contributed by atoms with van der Waals surface area (Å²) in [7, 11) is 0. The maximum atomic E-state index is 5.96. The number of nitrogens with zero attached hydrogens (tertiary/aromatic N) is 3. The van der Waals surface area contributed by atoms with Crippen molar-refractivity contribution in [1.82, 2.24) is 14.5 Å². The average Bonchev–Trinajstić information content (AvgIpc) is 2.79. The van der Waals surface area contributed by atoms with E-state index in [2.05, 4.69) is 21.4 Å². The lowest BCUT2D eigenvalue weighted by atomic mass is 10.1. The van der Waals surface area contributed by atoms with Crippen LogP contribution < -0.4 is 5.73 Å². The third kappa shape index (κ3) is 3.07. The fourth-order valence-electron chi connectivity index (χ4n) is 2.64. The quantitative estimate of drug-likeness (QED) is 0.869. The molecule has 0 amide bonds. The Morgan fingerprint density at radius 3 is 2.65 bits per heavy atom. The number of hydrogen-bond donors (Lipinski definition) is 1. The molecule has 1 aliphatic heterocycles. The van der Waals surface area contributed by atoms with Crippen molar-refractivity contribution in [3.8, 4) is 0 Å². The number of piperidine rings is 1. The van der Waals surface area contributed by atoms with Gasteiger partial charge >= 0.3 is 0 Å². The second-order valence-electron chi connectivity index (χ2n) is 5.22. The lowest BCUT2D eigenvalue weighted by Gasteiger charge is -2.30. The molecule has 2 rings (SSSR count). The molecule has 0 spiro atoms. The van der Waals surface area contributed by atoms with Gasteiger partial charge in [0, 0.05) is 24.8 Å². The maximum Gasteiger partial charge on any atom is 0.0951 e. The van der Waals surface area contributed by atoms with Crippen molar-refractivity contribution in [3.05, 3.63) is 18.2 Å². The highest BCUT2D eigenvalue weighted by Gasteiger charge is 2.17. The van der Waals surface area contributed by atoms with Crippen LogP contribution in [0.25, 0.3) is 0 Å². The molecule has 17 heavy (non-hydrogen) atoms. The molecule has 0 radical (unpaired) electrons. The molecule has 0 aromatic carbocycles. The normalized spacial score (nSPS) is 21.4. The molecule has 4 heteroatoms. The van der Waals surface area contributed by atoms with Gasteiger partial charge in [0.05, 0.1) is 12.0 Å². The molecule has 1 aliphatic rings. The van der Waals surface area contributed by atoms with Gasteiger partial charge in [-0.05, 0) is 39.8 Å². The fourth-order valence-corrected chi connectivity index (χ4v) is 2.64. The number of nitrogens with two attached hydrogens (primary N) is 1. The molecule has 4 nitrogen and oxygen atoms in total. The van der Waals surface area contributed by atoms with Gasteiger partial charge in [0.15, 0.2) is 0 Å². The largest absolute Gasteiger partial charge is 0.329 e. The summed E-state index contributed by atoms with van der Waals surface area (Å²) in [6.45, 7) is 7.86. The van der Waals surface area contributed by atoms with Crippen LogP contribution in [0.4, 0.5) is 0 Å². The molecular weight excluding hydrogens is 212 g/mol. The van der Waals surface area contributed by atoms with Crippen LogP contribution in [-0.4, -0.2) is 34.1 Å². The molecule has 0 saturated carbocycles. The number of imidazole rings is 1. The third-order valence-electron chi connectivity index (χ3n) is 3.61. The lowest BCUT2D eigenvalue weighted by molar-refractivity contribution is 0.200. The van der Waals surface area contributed by atoms with Crippen molar-refractivity contribution in [2.75, 3.05) is 19.6 Å². The van der Waals surface area contributed by atoms with Crippen LogP contribution in [0.15, 0.2) is 12.5 Å². The minimum absolute atomic E-state index is 0.0568. The minimum atomic E-state index is 0.0568. The Kier molecular flexibility index (Phi) is 4.18. The van der Waals surface area contributed by atoms with Crippen LogP contribution in [0.2, 0.25) is 0 Å². The summed E-state index contributed by atoms with van der Waals surface area (Å²) in [5.41, 5.74) is 7.09. The molecule has 1 aromatic rings. The zero-order valence-corrected chi connectivity index (χ0v) is 11.0. The lowest BCUT2D eigenvalue weighted by Crippen LogP contribution is -2.34. The topological polar surface area (TPSA) is 47.1 Å². The third-order valence-corrected chi connectivity index (χ3v) is 3.61. The first-order chi connectivity index (χ1) is 8.18. The van der Waals surface area contributed by atoms with Crippen LogP contribution in [0.1, 0.15) is 50.9 Å². The van der Waals surface area contributed by atoms with Gasteiger partial charge < -0.3 is 15.2 Å². The van der Waals surface area contributed by atoms with E-state index in [1.165, 1.54) is 32.4 Å². The van der Waals surface area contributed by atoms with E-state index >= 15 is 0 Å². The van der Waals surface area contributed by atoms with Crippen molar-refractivity contribution in [2.24, 2.45) is 5.73 Å². The van der Waals surface area contributed by atoms with E-state index < -0.39 is 0 Å². The molecule has 2 N–H and O–H groups in total. The fraction of sp³-hybridized carbons (Fsp3) is 0.769. The predicted octanol–water partition coefficient (Wildman–Crippen LogP) is 1.95. The summed E-state index contributed by atoms with van der Waals surface area (Å²) in [6.07, 6.45) is 7.87. The minimum Gasteiger partial charge on any atom is -0.329 e. The van der Waals surface area contributed by atoms with Crippen LogP contribution in [0.5, 0.6) is 0 Å². The maximum absolute atomic E-state index is 5.96. The van der Waals surface area contributed by atoms with Crippen LogP contribution in [0.3, 0.4) is 0 Å². The second kappa shape index (κ2) is 5.65. The molecular formula is C13H24N4. The number of hydrogen-bond acceptors (Lipinski definition) is 3. The molecule has 96 valence electrons. The summed E-state index contributed by atoms with van der Waals surface area (Å²) in [4.78, 5) is 6.78. The Hall–Kier alpha value is -0.870. The van der Waals surface area contributed by atoms with E-state index in [-0.39, 0.29) is 6.04 Å². The van der Waals surface area contributed by atoms with E-state index in [0.29, 0.717) is 6.04 Å². The second-order valence-corrected chi connectivity index (χ2v) is 5.22. The van der Waals surface area contributed by atoms with Crippen molar-refractivity contribution in [2.45, 2.75) is 45.2 Å². The SMILES string of the molecule is CC(CN1CCCCC1)n1cncc1[C@@H](C)N. The van der Waals surface area contributed by atoms with E-state index in [1.807, 2.05) is 19.4 Å². The highest BCUT2D eigenvalue weighted by Crippen LogP contribution is 2.18. The zero-order chi connectivity index (χ0) is 12.3. The molecule has 0 aliphatic carbocycles. The first-order valence-corrected chi connectivity index (χ1v) is 6.68. The summed E-state index contributed by atoms with van der Waals surface area (Å²) >= 11 is 0. The predicted molar refractivity (Wildman–Crippen MR) is 69.8 cm³/mol. The molecule has 0 bridgehead atoms. The summed E-state index contributed by atoms with van der Waals surface area (Å²) in [5.74, 6) is 0. The van der Waals surface area contributed by atoms with Gasteiger partial charge in [-0.1, -0.05) is 6.42 Å². The molecule has 2 heterocycles. The van der Waals surface area contributed by atoms with Gasteiger partial charge in [-0.3, -0.25) is 0 Å². The number of aromatic nitrogens is 2. The van der Waals surface area contributed by atoms with Gasteiger partial charge in [-0.25, -0.2) is 4.98 Å². The van der Waals surface area contributed by atoms with Crippen LogP contribution in [0, 0.1) is 0 Å². The Bertz CT molecular complexity index is 339. The molecule has 1 unspecified atom stereocenters. The summed E-state index contributed by atoms with van der Waals surface area (Å²) in [5, 5.41) is 0. The molecule has 1 saturated heterocycles. The highest BCUT2D eigenvalue weighted by atomic mass is 15.2. The highest BCUT2D eigenvalue weighted by molar-refractivity contribution is 5.04. The first kappa shape index (κ1) is 12.6. The Balaban J connectivity index is 1.98. The Morgan fingerprint density at radius 1 is 1.29 bits per heavy atom. The summed E-state index contributed by atoms with van der Waals surface area (Å²) in [6, 6.07) is 0.512. The Labute approximate surface area is 104 Å².